The van der Waals surface area contributed by atoms with Crippen LogP contribution in [0.25, 0.3) is 0 Å². The summed E-state index contributed by atoms with van der Waals surface area (Å²) < 4.78 is 2.03. The second-order valence-corrected chi connectivity index (χ2v) is 6.78. The van der Waals surface area contributed by atoms with Crippen molar-refractivity contribution in [2.24, 2.45) is 29.4 Å². The van der Waals surface area contributed by atoms with Crippen LogP contribution < -0.4 is 5.73 Å². The summed E-state index contributed by atoms with van der Waals surface area (Å²) in [5.74, 6) is 4.84. The van der Waals surface area contributed by atoms with Gasteiger partial charge in [0.15, 0.2) is 0 Å². The fourth-order valence-electron chi connectivity index (χ4n) is 5.28. The standard InChI is InChI=1S/C15H23N3/c16-1-2-18-9-14(8-17-18)15-12-4-10-3-11(6-12)7-13(15)5-10/h8-13,15H,1-7,16H2. The molecule has 2 N–H and O–H groups in total. The minimum Gasteiger partial charge on any atom is -0.329 e. The fourth-order valence-corrected chi connectivity index (χ4v) is 5.28. The first-order valence-corrected chi connectivity index (χ1v) is 7.56. The lowest BCUT2D eigenvalue weighted by Crippen LogP contribution is -2.43. The Morgan fingerprint density at radius 3 is 2.39 bits per heavy atom. The summed E-state index contributed by atoms with van der Waals surface area (Å²) in [6.45, 7) is 1.54. The lowest BCUT2D eigenvalue weighted by atomic mass is 9.51. The van der Waals surface area contributed by atoms with E-state index >= 15 is 0 Å². The SMILES string of the molecule is NCCn1cc(C2C3CC4CC(C3)CC2C4)cn1. The normalized spacial score (nSPS) is 41.5. The second kappa shape index (κ2) is 4.09. The Kier molecular flexibility index (Phi) is 2.51. The zero-order valence-corrected chi connectivity index (χ0v) is 11.0. The van der Waals surface area contributed by atoms with Gasteiger partial charge in [0, 0.05) is 12.7 Å². The Balaban J connectivity index is 1.60. The molecule has 3 heteroatoms. The third kappa shape index (κ3) is 1.63. The average molecular weight is 245 g/mol. The highest BCUT2D eigenvalue weighted by Gasteiger charge is 2.48. The molecule has 0 saturated heterocycles. The molecule has 4 aliphatic rings. The van der Waals surface area contributed by atoms with Gasteiger partial charge in [-0.1, -0.05) is 0 Å². The Morgan fingerprint density at radius 1 is 1.11 bits per heavy atom. The van der Waals surface area contributed by atoms with E-state index in [4.69, 9.17) is 5.73 Å². The summed E-state index contributed by atoms with van der Waals surface area (Å²) in [5, 5.41) is 4.48. The molecule has 4 saturated carbocycles. The van der Waals surface area contributed by atoms with E-state index in [0.29, 0.717) is 6.54 Å². The number of rotatable bonds is 3. The van der Waals surface area contributed by atoms with E-state index in [0.717, 1.165) is 36.1 Å². The van der Waals surface area contributed by atoms with Gasteiger partial charge in [0.2, 0.25) is 0 Å². The maximum Gasteiger partial charge on any atom is 0.0531 e. The Morgan fingerprint density at radius 2 is 1.78 bits per heavy atom. The van der Waals surface area contributed by atoms with Gasteiger partial charge >= 0.3 is 0 Å². The Bertz CT molecular complexity index is 409. The summed E-state index contributed by atoms with van der Waals surface area (Å²) in [6.07, 6.45) is 11.9. The van der Waals surface area contributed by atoms with Crippen LogP contribution in [0.4, 0.5) is 0 Å². The number of hydrogen-bond donors (Lipinski definition) is 1. The van der Waals surface area contributed by atoms with Gasteiger partial charge < -0.3 is 5.73 Å². The van der Waals surface area contributed by atoms with Gasteiger partial charge in [0.25, 0.3) is 0 Å². The number of aromatic nitrogens is 2. The molecule has 4 bridgehead atoms. The number of nitrogens with two attached hydrogens (primary N) is 1. The predicted molar refractivity (Wildman–Crippen MR) is 71.1 cm³/mol. The van der Waals surface area contributed by atoms with E-state index in [9.17, 15) is 0 Å². The van der Waals surface area contributed by atoms with Crippen molar-refractivity contribution >= 4 is 0 Å². The minimum absolute atomic E-state index is 0.683. The van der Waals surface area contributed by atoms with Crippen LogP contribution in [0.15, 0.2) is 12.4 Å². The van der Waals surface area contributed by atoms with E-state index in [2.05, 4.69) is 17.5 Å². The van der Waals surface area contributed by atoms with Crippen molar-refractivity contribution in [3.8, 4) is 0 Å². The van der Waals surface area contributed by atoms with Crippen LogP contribution >= 0.6 is 0 Å². The first-order chi connectivity index (χ1) is 8.83. The molecule has 0 amide bonds. The molecule has 1 aromatic rings. The second-order valence-electron chi connectivity index (χ2n) is 6.78. The van der Waals surface area contributed by atoms with E-state index in [1.54, 1.807) is 0 Å². The molecule has 3 nitrogen and oxygen atoms in total. The summed E-state index contributed by atoms with van der Waals surface area (Å²) in [4.78, 5) is 0. The van der Waals surface area contributed by atoms with Crippen molar-refractivity contribution in [2.75, 3.05) is 6.54 Å². The van der Waals surface area contributed by atoms with Gasteiger partial charge in [-0.25, -0.2) is 0 Å². The van der Waals surface area contributed by atoms with Crippen molar-refractivity contribution in [3.63, 3.8) is 0 Å². The lowest BCUT2D eigenvalue weighted by Gasteiger charge is -2.54. The van der Waals surface area contributed by atoms with Gasteiger partial charge in [0.05, 0.1) is 12.7 Å². The predicted octanol–water partition coefficient (Wildman–Crippen LogP) is 2.38. The lowest BCUT2D eigenvalue weighted by molar-refractivity contribution is -0.00280. The van der Waals surface area contributed by atoms with Gasteiger partial charge in [-0.15, -0.1) is 0 Å². The molecule has 0 unspecified atom stereocenters. The van der Waals surface area contributed by atoms with E-state index in [-0.39, 0.29) is 0 Å². The number of hydrogen-bond acceptors (Lipinski definition) is 2. The number of nitrogens with zero attached hydrogens (tertiary/aromatic N) is 2. The third-order valence-electron chi connectivity index (χ3n) is 5.62. The quantitative estimate of drug-likeness (QED) is 0.888. The molecular weight excluding hydrogens is 222 g/mol. The summed E-state index contributed by atoms with van der Waals surface area (Å²) >= 11 is 0. The van der Waals surface area contributed by atoms with Crippen LogP contribution in [0.3, 0.4) is 0 Å². The van der Waals surface area contributed by atoms with Crippen LogP contribution in [0, 0.1) is 23.7 Å². The van der Waals surface area contributed by atoms with Gasteiger partial charge in [-0.2, -0.15) is 5.10 Å². The highest BCUT2D eigenvalue weighted by molar-refractivity contribution is 5.19. The van der Waals surface area contributed by atoms with Crippen molar-refractivity contribution in [1.82, 2.24) is 9.78 Å². The smallest absolute Gasteiger partial charge is 0.0531 e. The first-order valence-electron chi connectivity index (χ1n) is 7.56. The maximum absolute atomic E-state index is 5.60. The summed E-state index contributed by atoms with van der Waals surface area (Å²) in [5.41, 5.74) is 7.10. The summed E-state index contributed by atoms with van der Waals surface area (Å²) in [7, 11) is 0. The van der Waals surface area contributed by atoms with Crippen molar-refractivity contribution in [3.05, 3.63) is 18.0 Å². The average Bonchev–Trinajstić information content (AvgIpc) is 2.76. The molecule has 18 heavy (non-hydrogen) atoms. The van der Waals surface area contributed by atoms with Crippen LogP contribution in [-0.4, -0.2) is 16.3 Å². The highest BCUT2D eigenvalue weighted by Crippen LogP contribution is 2.59. The maximum atomic E-state index is 5.60. The molecule has 98 valence electrons. The van der Waals surface area contributed by atoms with E-state index in [1.807, 2.05) is 4.68 Å². The molecule has 4 aliphatic carbocycles. The molecule has 5 rings (SSSR count). The highest BCUT2D eigenvalue weighted by atomic mass is 15.3. The first kappa shape index (κ1) is 11.0. The monoisotopic (exact) mass is 245 g/mol. The Labute approximate surface area is 109 Å². The fraction of sp³-hybridized carbons (Fsp3) is 0.800. The Hall–Kier alpha value is -0.830. The van der Waals surface area contributed by atoms with Crippen LogP contribution in [0.1, 0.15) is 43.6 Å². The van der Waals surface area contributed by atoms with Gasteiger partial charge in [-0.05, 0) is 67.3 Å². The van der Waals surface area contributed by atoms with Crippen LogP contribution in [-0.2, 0) is 6.54 Å². The van der Waals surface area contributed by atoms with Crippen molar-refractivity contribution in [1.29, 1.82) is 0 Å². The molecule has 0 atom stereocenters. The topological polar surface area (TPSA) is 43.8 Å². The van der Waals surface area contributed by atoms with E-state index < -0.39 is 0 Å². The van der Waals surface area contributed by atoms with Crippen molar-refractivity contribution < 1.29 is 0 Å². The zero-order chi connectivity index (χ0) is 12.1. The molecule has 0 aromatic carbocycles. The van der Waals surface area contributed by atoms with Crippen LogP contribution in [0.5, 0.6) is 0 Å². The molecule has 0 radical (unpaired) electrons. The molecule has 0 spiro atoms. The molecule has 1 aromatic heterocycles. The molecule has 4 fully saturated rings. The molecule has 1 heterocycles. The molecule has 0 aliphatic heterocycles. The minimum atomic E-state index is 0.683. The zero-order valence-electron chi connectivity index (χ0n) is 11.0. The van der Waals surface area contributed by atoms with Crippen molar-refractivity contribution in [2.45, 2.75) is 44.6 Å². The van der Waals surface area contributed by atoms with E-state index in [1.165, 1.54) is 37.7 Å². The third-order valence-corrected chi connectivity index (χ3v) is 5.62. The largest absolute Gasteiger partial charge is 0.329 e. The summed E-state index contributed by atoms with van der Waals surface area (Å²) in [6, 6.07) is 0. The van der Waals surface area contributed by atoms with Gasteiger partial charge in [0.1, 0.15) is 0 Å². The van der Waals surface area contributed by atoms with Crippen LogP contribution in [0.2, 0.25) is 0 Å². The molecular formula is C15H23N3. The van der Waals surface area contributed by atoms with Gasteiger partial charge in [-0.3, -0.25) is 4.68 Å².